The monoisotopic (exact) mass is 256 g/mol. The maximum Gasteiger partial charge on any atom is 0.261 e. The van der Waals surface area contributed by atoms with Crippen molar-refractivity contribution in [2.24, 2.45) is 0 Å². The van der Waals surface area contributed by atoms with Crippen LogP contribution in [0.4, 0.5) is 5.69 Å². The molecule has 1 amide bonds. The van der Waals surface area contributed by atoms with Gasteiger partial charge in [-0.3, -0.25) is 4.79 Å². The number of pyridine rings is 1. The standard InChI is InChI=1S/C15H16N2O2/c1-11(2)12-5-7-14(8-6-12)16-15(18)13-4-3-9-17(19)10-13/h3-11H,1-2H3,(H,16,18). The third-order valence-electron chi connectivity index (χ3n) is 2.87. The molecule has 0 atom stereocenters. The van der Waals surface area contributed by atoms with Gasteiger partial charge in [-0.05, 0) is 29.7 Å². The first kappa shape index (κ1) is 13.1. The van der Waals surface area contributed by atoms with Crippen molar-refractivity contribution in [1.29, 1.82) is 0 Å². The summed E-state index contributed by atoms with van der Waals surface area (Å²) in [6.45, 7) is 4.23. The largest absolute Gasteiger partial charge is 0.619 e. The minimum absolute atomic E-state index is 0.289. The first-order valence-electron chi connectivity index (χ1n) is 6.16. The van der Waals surface area contributed by atoms with Crippen LogP contribution in [0.3, 0.4) is 0 Å². The summed E-state index contributed by atoms with van der Waals surface area (Å²) in [4.78, 5) is 11.9. The summed E-state index contributed by atoms with van der Waals surface area (Å²) in [5, 5.41) is 13.9. The number of nitrogens with one attached hydrogen (secondary N) is 1. The molecule has 4 heteroatoms. The molecule has 0 saturated heterocycles. The lowest BCUT2D eigenvalue weighted by Crippen LogP contribution is -2.27. The first-order valence-corrected chi connectivity index (χ1v) is 6.16. The Morgan fingerprint density at radius 2 is 1.89 bits per heavy atom. The Hall–Kier alpha value is -2.36. The van der Waals surface area contributed by atoms with Crippen molar-refractivity contribution >= 4 is 11.6 Å². The van der Waals surface area contributed by atoms with E-state index in [-0.39, 0.29) is 5.91 Å². The summed E-state index contributed by atoms with van der Waals surface area (Å²) < 4.78 is 0.608. The first-order chi connectivity index (χ1) is 9.06. The summed E-state index contributed by atoms with van der Waals surface area (Å²) in [5.74, 6) is 0.167. The van der Waals surface area contributed by atoms with Gasteiger partial charge in [0.25, 0.3) is 5.91 Å². The van der Waals surface area contributed by atoms with Crippen molar-refractivity contribution in [3.8, 4) is 0 Å². The van der Waals surface area contributed by atoms with Crippen molar-refractivity contribution in [3.63, 3.8) is 0 Å². The molecule has 0 spiro atoms. The van der Waals surface area contributed by atoms with Crippen LogP contribution < -0.4 is 10.0 Å². The Labute approximate surface area is 112 Å². The Kier molecular flexibility index (Phi) is 3.80. The van der Waals surface area contributed by atoms with Crippen molar-refractivity contribution in [2.45, 2.75) is 19.8 Å². The molecule has 0 unspecified atom stereocenters. The lowest BCUT2D eigenvalue weighted by molar-refractivity contribution is -0.605. The van der Waals surface area contributed by atoms with Gasteiger partial charge in [-0.15, -0.1) is 0 Å². The van der Waals surface area contributed by atoms with E-state index in [0.29, 0.717) is 16.2 Å². The third-order valence-corrected chi connectivity index (χ3v) is 2.87. The number of carbonyl (C=O) groups excluding carboxylic acids is 1. The van der Waals surface area contributed by atoms with Crippen molar-refractivity contribution in [3.05, 3.63) is 65.1 Å². The van der Waals surface area contributed by atoms with Gasteiger partial charge in [0.05, 0.1) is 0 Å². The van der Waals surface area contributed by atoms with Crippen molar-refractivity contribution in [2.75, 3.05) is 5.32 Å². The Morgan fingerprint density at radius 3 is 2.47 bits per heavy atom. The lowest BCUT2D eigenvalue weighted by Gasteiger charge is -2.08. The molecule has 19 heavy (non-hydrogen) atoms. The Bertz CT molecular complexity index is 577. The van der Waals surface area contributed by atoms with Gasteiger partial charge in [0, 0.05) is 11.8 Å². The highest BCUT2D eigenvalue weighted by molar-refractivity contribution is 6.03. The zero-order valence-electron chi connectivity index (χ0n) is 11.0. The molecule has 2 rings (SSSR count). The Balaban J connectivity index is 2.10. The molecule has 1 heterocycles. The van der Waals surface area contributed by atoms with Crippen LogP contribution in [-0.4, -0.2) is 5.91 Å². The zero-order valence-corrected chi connectivity index (χ0v) is 11.0. The fourth-order valence-corrected chi connectivity index (χ4v) is 1.74. The topological polar surface area (TPSA) is 56.0 Å². The van der Waals surface area contributed by atoms with E-state index in [2.05, 4.69) is 19.2 Å². The maximum absolute atomic E-state index is 11.9. The minimum atomic E-state index is -0.289. The van der Waals surface area contributed by atoms with Crippen LogP contribution in [0, 0.1) is 5.21 Å². The van der Waals surface area contributed by atoms with Crippen LogP contribution in [0.5, 0.6) is 0 Å². The average molecular weight is 256 g/mol. The van der Waals surface area contributed by atoms with E-state index < -0.39 is 0 Å². The van der Waals surface area contributed by atoms with E-state index in [0.717, 1.165) is 5.69 Å². The van der Waals surface area contributed by atoms with E-state index in [1.165, 1.54) is 18.0 Å². The second-order valence-electron chi connectivity index (χ2n) is 4.68. The van der Waals surface area contributed by atoms with Gasteiger partial charge in [-0.2, -0.15) is 4.73 Å². The normalized spacial score (nSPS) is 10.5. The molecule has 4 nitrogen and oxygen atoms in total. The molecule has 0 aliphatic heterocycles. The van der Waals surface area contributed by atoms with Gasteiger partial charge < -0.3 is 10.5 Å². The molecule has 1 N–H and O–H groups in total. The van der Waals surface area contributed by atoms with Crippen LogP contribution >= 0.6 is 0 Å². The summed E-state index contributed by atoms with van der Waals surface area (Å²) in [5.41, 5.74) is 2.27. The summed E-state index contributed by atoms with van der Waals surface area (Å²) in [7, 11) is 0. The second-order valence-corrected chi connectivity index (χ2v) is 4.68. The van der Waals surface area contributed by atoms with E-state index >= 15 is 0 Å². The van der Waals surface area contributed by atoms with E-state index in [4.69, 9.17) is 0 Å². The fraction of sp³-hybridized carbons (Fsp3) is 0.200. The van der Waals surface area contributed by atoms with Gasteiger partial charge in [0.1, 0.15) is 5.56 Å². The molecular formula is C15H16N2O2. The predicted molar refractivity (Wildman–Crippen MR) is 73.9 cm³/mol. The predicted octanol–water partition coefficient (Wildman–Crippen LogP) is 2.70. The van der Waals surface area contributed by atoms with Gasteiger partial charge in [0.2, 0.25) is 0 Å². The number of benzene rings is 1. The number of anilines is 1. The molecule has 2 aromatic rings. The number of rotatable bonds is 3. The molecule has 0 aliphatic carbocycles. The highest BCUT2D eigenvalue weighted by atomic mass is 16.5. The average Bonchev–Trinajstić information content (AvgIpc) is 2.39. The number of hydrogen-bond donors (Lipinski definition) is 1. The molecular weight excluding hydrogens is 240 g/mol. The highest BCUT2D eigenvalue weighted by Gasteiger charge is 2.09. The van der Waals surface area contributed by atoms with E-state index in [9.17, 15) is 10.0 Å². The molecule has 98 valence electrons. The number of hydrogen-bond acceptors (Lipinski definition) is 2. The highest BCUT2D eigenvalue weighted by Crippen LogP contribution is 2.17. The van der Waals surface area contributed by atoms with Gasteiger partial charge in [-0.25, -0.2) is 0 Å². The van der Waals surface area contributed by atoms with Gasteiger partial charge in [0.15, 0.2) is 12.4 Å². The molecule has 1 aromatic carbocycles. The molecule has 0 saturated carbocycles. The lowest BCUT2D eigenvalue weighted by atomic mass is 10.0. The van der Waals surface area contributed by atoms with Crippen molar-refractivity contribution < 1.29 is 9.52 Å². The minimum Gasteiger partial charge on any atom is -0.619 e. The molecule has 0 radical (unpaired) electrons. The molecule has 0 bridgehead atoms. The second kappa shape index (κ2) is 5.52. The molecule has 0 fully saturated rings. The maximum atomic E-state index is 11.9. The number of nitrogens with zero attached hydrogens (tertiary/aromatic N) is 1. The SMILES string of the molecule is CC(C)c1ccc(NC(=O)c2ccc[n+]([O-])c2)cc1. The number of amides is 1. The third kappa shape index (κ3) is 3.31. The van der Waals surface area contributed by atoms with Crippen LogP contribution in [0.2, 0.25) is 0 Å². The number of aromatic nitrogens is 1. The van der Waals surface area contributed by atoms with E-state index in [1.807, 2.05) is 24.3 Å². The van der Waals surface area contributed by atoms with Crippen LogP contribution in [0.15, 0.2) is 48.8 Å². The van der Waals surface area contributed by atoms with E-state index in [1.54, 1.807) is 12.1 Å². The Morgan fingerprint density at radius 1 is 1.21 bits per heavy atom. The molecule has 1 aromatic heterocycles. The van der Waals surface area contributed by atoms with Crippen LogP contribution in [-0.2, 0) is 0 Å². The quantitative estimate of drug-likeness (QED) is 0.678. The zero-order chi connectivity index (χ0) is 13.8. The molecule has 0 aliphatic rings. The summed E-state index contributed by atoms with van der Waals surface area (Å²) >= 11 is 0. The smallest absolute Gasteiger partial charge is 0.261 e. The summed E-state index contributed by atoms with van der Waals surface area (Å²) in [6.07, 6.45) is 2.59. The fourth-order valence-electron chi connectivity index (χ4n) is 1.74. The van der Waals surface area contributed by atoms with Crippen LogP contribution in [0.1, 0.15) is 35.7 Å². The summed E-state index contributed by atoms with van der Waals surface area (Å²) in [6, 6.07) is 10.8. The number of carbonyl (C=O) groups is 1. The van der Waals surface area contributed by atoms with Gasteiger partial charge in [-0.1, -0.05) is 26.0 Å². The van der Waals surface area contributed by atoms with Crippen molar-refractivity contribution in [1.82, 2.24) is 0 Å². The van der Waals surface area contributed by atoms with Crippen LogP contribution in [0.25, 0.3) is 0 Å². The van der Waals surface area contributed by atoms with Gasteiger partial charge >= 0.3 is 0 Å².